The molecule has 2 rings (SSSR count). The molecule has 1 aliphatic heterocycles. The summed E-state index contributed by atoms with van der Waals surface area (Å²) in [4.78, 5) is 10.7. The van der Waals surface area contributed by atoms with Crippen molar-refractivity contribution in [2.24, 2.45) is 28.6 Å². The summed E-state index contributed by atoms with van der Waals surface area (Å²) in [6.45, 7) is 7.90. The fourth-order valence-electron chi connectivity index (χ4n) is 2.62. The van der Waals surface area contributed by atoms with Crippen LogP contribution in [0.15, 0.2) is 35.4 Å². The first-order valence-electron chi connectivity index (χ1n) is 8.82. The number of carbonyl (C=O) groups is 1. The summed E-state index contributed by atoms with van der Waals surface area (Å²) in [7, 11) is 0. The lowest BCUT2D eigenvalue weighted by Gasteiger charge is -2.16. The van der Waals surface area contributed by atoms with Gasteiger partial charge < -0.3 is 21.7 Å². The van der Waals surface area contributed by atoms with E-state index in [1.807, 2.05) is 13.8 Å². The summed E-state index contributed by atoms with van der Waals surface area (Å²) in [5.41, 5.74) is 6.45. The molecule has 1 unspecified atom stereocenters. The Hall–Kier alpha value is -2.38. The molecule has 0 amide bonds. The minimum absolute atomic E-state index is 0.0163. The first-order valence-corrected chi connectivity index (χ1v) is 8.82. The summed E-state index contributed by atoms with van der Waals surface area (Å²) in [5.74, 6) is 8.99. The number of hydrogen-bond donors (Lipinski definition) is 5. The van der Waals surface area contributed by atoms with Gasteiger partial charge in [-0.2, -0.15) is 5.10 Å². The number of hydrazone groups is 1. The molecule has 0 aromatic heterocycles. The highest BCUT2D eigenvalue weighted by Gasteiger charge is 2.23. The number of hydrazine groups is 1. The van der Waals surface area contributed by atoms with Gasteiger partial charge >= 0.3 is 5.97 Å². The molecule has 1 aromatic carbocycles. The topological polar surface area (TPSA) is 126 Å². The van der Waals surface area contributed by atoms with Crippen LogP contribution in [-0.4, -0.2) is 30.0 Å². The number of amidine groups is 1. The Balaban J connectivity index is 0.000000260. The van der Waals surface area contributed by atoms with E-state index in [9.17, 15) is 4.79 Å². The standard InChI is InChI=1S/C12H15N.C7H16N4O2/c1-10-2-4-11(5-3-10)12-6-8-13-9-7-12;1-4(2)5(7(12)13)3-6(10-8)11-9/h2-6,13H,7-9H2,1H3;4-5H,3,8-9H2,1-2H3,(H,10,11)(H,12,13). The van der Waals surface area contributed by atoms with Gasteiger partial charge in [-0.3, -0.25) is 4.79 Å². The molecule has 7 heteroatoms. The molecule has 1 atom stereocenters. The molecule has 1 aliphatic rings. The quantitative estimate of drug-likeness (QED) is 0.236. The first kappa shape index (κ1) is 21.7. The minimum atomic E-state index is -0.869. The highest BCUT2D eigenvalue weighted by atomic mass is 16.4. The SMILES string of the molecule is CC(C)C(C/C(=N/N)NN)C(=O)O.Cc1ccc(C2=CCNCC2)cc1. The van der Waals surface area contributed by atoms with Gasteiger partial charge in [0.25, 0.3) is 0 Å². The highest BCUT2D eigenvalue weighted by Crippen LogP contribution is 2.19. The van der Waals surface area contributed by atoms with Crippen LogP contribution in [0.4, 0.5) is 0 Å². The van der Waals surface area contributed by atoms with E-state index in [2.05, 4.69) is 53.1 Å². The number of carboxylic acids is 1. The molecule has 26 heavy (non-hydrogen) atoms. The van der Waals surface area contributed by atoms with Crippen molar-refractivity contribution in [1.29, 1.82) is 0 Å². The maximum atomic E-state index is 10.7. The van der Waals surface area contributed by atoms with Gasteiger partial charge in [-0.05, 0) is 36.9 Å². The van der Waals surface area contributed by atoms with Crippen LogP contribution in [0.5, 0.6) is 0 Å². The van der Waals surface area contributed by atoms with Gasteiger partial charge in [-0.15, -0.1) is 0 Å². The Morgan fingerprint density at radius 1 is 1.35 bits per heavy atom. The van der Waals surface area contributed by atoms with Crippen molar-refractivity contribution in [2.75, 3.05) is 13.1 Å². The van der Waals surface area contributed by atoms with Gasteiger partial charge in [0.15, 0.2) is 0 Å². The molecule has 0 saturated carbocycles. The predicted molar refractivity (Wildman–Crippen MR) is 106 cm³/mol. The molecular formula is C19H31N5O2. The Morgan fingerprint density at radius 2 is 2.00 bits per heavy atom. The van der Waals surface area contributed by atoms with E-state index in [-0.39, 0.29) is 12.3 Å². The molecule has 1 aromatic rings. The largest absolute Gasteiger partial charge is 0.481 e. The number of hydrogen-bond acceptors (Lipinski definition) is 5. The van der Waals surface area contributed by atoms with Crippen molar-refractivity contribution in [2.45, 2.75) is 33.6 Å². The van der Waals surface area contributed by atoms with Crippen molar-refractivity contribution < 1.29 is 9.90 Å². The molecule has 0 radical (unpaired) electrons. The van der Waals surface area contributed by atoms with E-state index in [4.69, 9.17) is 16.8 Å². The second-order valence-corrected chi connectivity index (χ2v) is 6.66. The monoisotopic (exact) mass is 361 g/mol. The third-order valence-corrected chi connectivity index (χ3v) is 4.34. The van der Waals surface area contributed by atoms with E-state index in [1.165, 1.54) is 16.7 Å². The van der Waals surface area contributed by atoms with Crippen LogP contribution in [0.3, 0.4) is 0 Å². The molecule has 144 valence electrons. The van der Waals surface area contributed by atoms with Gasteiger partial charge in [0.05, 0.1) is 5.92 Å². The Kier molecular flexibility index (Phi) is 9.40. The summed E-state index contributed by atoms with van der Waals surface area (Å²) in [6.07, 6.45) is 3.66. The van der Waals surface area contributed by atoms with Crippen LogP contribution in [0.2, 0.25) is 0 Å². The van der Waals surface area contributed by atoms with Crippen LogP contribution in [-0.2, 0) is 4.79 Å². The van der Waals surface area contributed by atoms with Crippen LogP contribution in [0.1, 0.15) is 37.8 Å². The Labute approximate surface area is 155 Å². The summed E-state index contributed by atoms with van der Waals surface area (Å²) in [5, 5.41) is 15.5. The number of carboxylic acid groups (broad SMARTS) is 1. The molecule has 7 nitrogen and oxygen atoms in total. The summed E-state index contributed by atoms with van der Waals surface area (Å²) < 4.78 is 0. The molecule has 0 spiro atoms. The maximum Gasteiger partial charge on any atom is 0.307 e. The second-order valence-electron chi connectivity index (χ2n) is 6.66. The number of benzene rings is 1. The Bertz CT molecular complexity index is 623. The van der Waals surface area contributed by atoms with E-state index in [0.717, 1.165) is 19.5 Å². The molecule has 1 heterocycles. The third kappa shape index (κ3) is 7.25. The van der Waals surface area contributed by atoms with Gasteiger partial charge in [0.1, 0.15) is 5.84 Å². The number of nitrogens with zero attached hydrogens (tertiary/aromatic N) is 1. The maximum absolute atomic E-state index is 10.7. The molecular weight excluding hydrogens is 330 g/mol. The summed E-state index contributed by atoms with van der Waals surface area (Å²) in [6, 6.07) is 8.79. The second kappa shape index (κ2) is 11.3. The minimum Gasteiger partial charge on any atom is -0.481 e. The number of aliphatic carboxylic acids is 1. The number of nitrogens with one attached hydrogen (secondary N) is 2. The van der Waals surface area contributed by atoms with Gasteiger partial charge in [0, 0.05) is 13.0 Å². The van der Waals surface area contributed by atoms with Crippen molar-refractivity contribution in [3.8, 4) is 0 Å². The van der Waals surface area contributed by atoms with Gasteiger partial charge in [-0.25, -0.2) is 5.84 Å². The van der Waals surface area contributed by atoms with Crippen LogP contribution < -0.4 is 22.4 Å². The predicted octanol–water partition coefficient (Wildman–Crippen LogP) is 1.84. The average molecular weight is 361 g/mol. The fourth-order valence-corrected chi connectivity index (χ4v) is 2.62. The number of nitrogens with two attached hydrogens (primary N) is 2. The summed E-state index contributed by atoms with van der Waals surface area (Å²) >= 11 is 0. The molecule has 0 fully saturated rings. The average Bonchev–Trinajstić information content (AvgIpc) is 2.64. The van der Waals surface area contributed by atoms with E-state index < -0.39 is 11.9 Å². The van der Waals surface area contributed by atoms with Crippen molar-refractivity contribution in [1.82, 2.24) is 10.7 Å². The molecule has 0 saturated heterocycles. The highest BCUT2D eigenvalue weighted by molar-refractivity contribution is 5.85. The lowest BCUT2D eigenvalue weighted by molar-refractivity contribution is -0.142. The van der Waals surface area contributed by atoms with Gasteiger partial charge in [-0.1, -0.05) is 49.8 Å². The van der Waals surface area contributed by atoms with Gasteiger partial charge in [0.2, 0.25) is 0 Å². The smallest absolute Gasteiger partial charge is 0.307 e. The van der Waals surface area contributed by atoms with Crippen LogP contribution in [0, 0.1) is 18.8 Å². The third-order valence-electron chi connectivity index (χ3n) is 4.34. The molecule has 7 N–H and O–H groups in total. The zero-order chi connectivity index (χ0) is 19.5. The number of aryl methyl sites for hydroxylation is 1. The number of rotatable bonds is 5. The van der Waals surface area contributed by atoms with Crippen molar-refractivity contribution in [3.63, 3.8) is 0 Å². The van der Waals surface area contributed by atoms with Crippen LogP contribution in [0.25, 0.3) is 5.57 Å². The van der Waals surface area contributed by atoms with E-state index >= 15 is 0 Å². The first-order chi connectivity index (χ1) is 12.4. The zero-order valence-electron chi connectivity index (χ0n) is 15.8. The van der Waals surface area contributed by atoms with Crippen molar-refractivity contribution in [3.05, 3.63) is 41.5 Å². The van der Waals surface area contributed by atoms with E-state index in [1.54, 1.807) is 0 Å². The van der Waals surface area contributed by atoms with Crippen molar-refractivity contribution >= 4 is 17.4 Å². The normalized spacial score (nSPS) is 15.6. The molecule has 0 bridgehead atoms. The Morgan fingerprint density at radius 3 is 2.42 bits per heavy atom. The zero-order valence-corrected chi connectivity index (χ0v) is 15.8. The fraction of sp³-hybridized carbons (Fsp3) is 0.474. The molecule has 0 aliphatic carbocycles. The lowest BCUT2D eigenvalue weighted by Crippen LogP contribution is -2.35. The lowest BCUT2D eigenvalue weighted by atomic mass is 9.92. The van der Waals surface area contributed by atoms with E-state index in [0.29, 0.717) is 5.84 Å². The van der Waals surface area contributed by atoms with Crippen LogP contribution >= 0.6 is 0 Å².